The maximum absolute atomic E-state index is 12.9. The zero-order valence-electron chi connectivity index (χ0n) is 14.0. The first-order valence-corrected chi connectivity index (χ1v) is 7.69. The van der Waals surface area contributed by atoms with Crippen LogP contribution in [0.4, 0.5) is 0 Å². The monoisotopic (exact) mass is 318 g/mol. The second-order valence-corrected chi connectivity index (χ2v) is 6.70. The summed E-state index contributed by atoms with van der Waals surface area (Å²) in [6, 6.07) is 1.76. The summed E-state index contributed by atoms with van der Waals surface area (Å²) in [5.41, 5.74) is 1.43. The number of likely N-dealkylation sites (N-methyl/N-ethyl adjacent to an activating group) is 1. The van der Waals surface area contributed by atoms with Gasteiger partial charge in [0.15, 0.2) is 0 Å². The average molecular weight is 318 g/mol. The number of rotatable bonds is 3. The third-order valence-corrected chi connectivity index (χ3v) is 4.21. The Balaban J connectivity index is 1.91. The zero-order valence-corrected chi connectivity index (χ0v) is 14.0. The van der Waals surface area contributed by atoms with E-state index >= 15 is 0 Å². The molecule has 1 amide bonds. The first-order chi connectivity index (χ1) is 10.8. The summed E-state index contributed by atoms with van der Waals surface area (Å²) < 4.78 is 5.19. The number of carbonyl (C=O) groups excluding carboxylic acids is 1. The Kier molecular flexibility index (Phi) is 3.85. The molecule has 124 valence electrons. The maximum atomic E-state index is 12.9. The van der Waals surface area contributed by atoms with Crippen LogP contribution in [0.15, 0.2) is 10.6 Å². The van der Waals surface area contributed by atoms with Crippen LogP contribution in [-0.2, 0) is 0 Å². The van der Waals surface area contributed by atoms with Gasteiger partial charge < -0.3 is 19.4 Å². The number of pyridine rings is 1. The molecule has 23 heavy (non-hydrogen) atoms. The van der Waals surface area contributed by atoms with Crippen LogP contribution >= 0.6 is 0 Å². The van der Waals surface area contributed by atoms with Crippen molar-refractivity contribution >= 4 is 17.0 Å². The van der Waals surface area contributed by atoms with E-state index in [1.54, 1.807) is 17.9 Å². The van der Waals surface area contributed by atoms with E-state index in [1.165, 1.54) is 0 Å². The van der Waals surface area contributed by atoms with Crippen LogP contribution in [0.3, 0.4) is 0 Å². The number of nitrogens with zero attached hydrogens (tertiary/aromatic N) is 4. The predicted molar refractivity (Wildman–Crippen MR) is 85.3 cm³/mol. The molecule has 0 unspecified atom stereocenters. The van der Waals surface area contributed by atoms with Gasteiger partial charge in [-0.1, -0.05) is 5.16 Å². The van der Waals surface area contributed by atoms with E-state index in [-0.39, 0.29) is 5.91 Å². The van der Waals surface area contributed by atoms with E-state index < -0.39 is 5.60 Å². The fraction of sp³-hybridized carbons (Fsp3) is 0.562. The second kappa shape index (κ2) is 5.58. The van der Waals surface area contributed by atoms with Crippen LogP contribution in [0.5, 0.6) is 0 Å². The summed E-state index contributed by atoms with van der Waals surface area (Å²) in [6.45, 7) is 5.02. The standard InChI is InChI=1S/C16H22N4O3/c1-10-7-12(13-11(2)18-23-14(13)17-10)15(21)20-6-5-16(22,9-20)8-19(3)4/h7,22H,5-6,8-9H2,1-4H3/t16-/m0/s1. The highest BCUT2D eigenvalue weighted by molar-refractivity contribution is 6.06. The maximum Gasteiger partial charge on any atom is 0.258 e. The number of aliphatic hydroxyl groups is 1. The number of aryl methyl sites for hydroxylation is 2. The number of fused-ring (bicyclic) bond motifs is 1. The SMILES string of the molecule is Cc1cc(C(=O)N2CC[C@](O)(CN(C)C)C2)c2c(C)noc2n1. The Hall–Kier alpha value is -1.99. The molecule has 0 aliphatic carbocycles. The number of likely N-dealkylation sites (tertiary alicyclic amines) is 1. The smallest absolute Gasteiger partial charge is 0.258 e. The van der Waals surface area contributed by atoms with Gasteiger partial charge in [-0.25, -0.2) is 4.98 Å². The molecule has 7 nitrogen and oxygen atoms in total. The summed E-state index contributed by atoms with van der Waals surface area (Å²) in [4.78, 5) is 20.9. The minimum atomic E-state index is -0.857. The van der Waals surface area contributed by atoms with Crippen molar-refractivity contribution in [2.45, 2.75) is 25.9 Å². The third kappa shape index (κ3) is 2.94. The van der Waals surface area contributed by atoms with Gasteiger partial charge in [0.25, 0.3) is 11.6 Å². The first-order valence-electron chi connectivity index (χ1n) is 7.69. The highest BCUT2D eigenvalue weighted by Crippen LogP contribution is 2.27. The second-order valence-electron chi connectivity index (χ2n) is 6.70. The van der Waals surface area contributed by atoms with Gasteiger partial charge in [0, 0.05) is 18.8 Å². The van der Waals surface area contributed by atoms with E-state index in [9.17, 15) is 9.90 Å². The molecule has 1 aliphatic heterocycles. The summed E-state index contributed by atoms with van der Waals surface area (Å²) >= 11 is 0. The number of carbonyl (C=O) groups is 1. The van der Waals surface area contributed by atoms with Crippen molar-refractivity contribution in [3.8, 4) is 0 Å². The predicted octanol–water partition coefficient (Wildman–Crippen LogP) is 0.978. The number of β-amino-alcohol motifs (C(OH)–C–C–N with tert-alkyl or cyclic N) is 1. The molecule has 1 saturated heterocycles. The molecule has 3 rings (SSSR count). The van der Waals surface area contributed by atoms with Crippen molar-refractivity contribution in [3.63, 3.8) is 0 Å². The molecule has 0 bridgehead atoms. The quantitative estimate of drug-likeness (QED) is 0.908. The van der Waals surface area contributed by atoms with Crippen LogP contribution < -0.4 is 0 Å². The Morgan fingerprint density at radius 1 is 1.48 bits per heavy atom. The van der Waals surface area contributed by atoms with Crippen molar-refractivity contribution in [1.82, 2.24) is 19.9 Å². The van der Waals surface area contributed by atoms with E-state index in [4.69, 9.17) is 4.52 Å². The number of aromatic nitrogens is 2. The third-order valence-electron chi connectivity index (χ3n) is 4.21. The van der Waals surface area contributed by atoms with Gasteiger partial charge in [-0.15, -0.1) is 0 Å². The van der Waals surface area contributed by atoms with Crippen molar-refractivity contribution in [3.05, 3.63) is 23.0 Å². The van der Waals surface area contributed by atoms with Crippen molar-refractivity contribution < 1.29 is 14.4 Å². The molecule has 0 spiro atoms. The van der Waals surface area contributed by atoms with Gasteiger partial charge in [-0.05, 0) is 40.4 Å². The van der Waals surface area contributed by atoms with Gasteiger partial charge in [0.1, 0.15) is 0 Å². The van der Waals surface area contributed by atoms with E-state index in [0.717, 1.165) is 0 Å². The molecule has 7 heteroatoms. The number of amides is 1. The molecule has 0 aromatic carbocycles. The molecule has 1 fully saturated rings. The van der Waals surface area contributed by atoms with E-state index in [2.05, 4.69) is 10.1 Å². The zero-order chi connectivity index (χ0) is 16.8. The van der Waals surface area contributed by atoms with Crippen molar-refractivity contribution in [2.24, 2.45) is 0 Å². The molecule has 0 saturated carbocycles. The van der Waals surface area contributed by atoms with Gasteiger partial charge in [0.05, 0.1) is 28.8 Å². The van der Waals surface area contributed by atoms with Crippen LogP contribution in [-0.4, -0.2) is 70.3 Å². The molecular formula is C16H22N4O3. The summed E-state index contributed by atoms with van der Waals surface area (Å²) in [5.74, 6) is -0.110. The lowest BCUT2D eigenvalue weighted by Crippen LogP contribution is -2.43. The molecule has 1 aliphatic rings. The van der Waals surface area contributed by atoms with Gasteiger partial charge in [-0.3, -0.25) is 4.79 Å². The van der Waals surface area contributed by atoms with Crippen molar-refractivity contribution in [1.29, 1.82) is 0 Å². The normalized spacial score (nSPS) is 21.6. The molecule has 2 aromatic rings. The number of hydrogen-bond acceptors (Lipinski definition) is 6. The summed E-state index contributed by atoms with van der Waals surface area (Å²) in [5, 5.41) is 15.2. The molecule has 1 N–H and O–H groups in total. The topological polar surface area (TPSA) is 82.7 Å². The minimum absolute atomic E-state index is 0.110. The molecule has 3 heterocycles. The van der Waals surface area contributed by atoms with E-state index in [0.29, 0.717) is 54.1 Å². The van der Waals surface area contributed by atoms with Gasteiger partial charge in [0.2, 0.25) is 0 Å². The Bertz CT molecular complexity index is 755. The van der Waals surface area contributed by atoms with E-state index in [1.807, 2.05) is 25.9 Å². The largest absolute Gasteiger partial charge is 0.387 e. The highest BCUT2D eigenvalue weighted by atomic mass is 16.5. The highest BCUT2D eigenvalue weighted by Gasteiger charge is 2.39. The van der Waals surface area contributed by atoms with Crippen molar-refractivity contribution in [2.75, 3.05) is 33.7 Å². The molecular weight excluding hydrogens is 296 g/mol. The molecule has 0 radical (unpaired) electrons. The molecule has 2 aromatic heterocycles. The first kappa shape index (κ1) is 15.9. The van der Waals surface area contributed by atoms with Crippen LogP contribution in [0.2, 0.25) is 0 Å². The van der Waals surface area contributed by atoms with Crippen LogP contribution in [0.25, 0.3) is 11.1 Å². The number of hydrogen-bond donors (Lipinski definition) is 1. The lowest BCUT2D eigenvalue weighted by molar-refractivity contribution is 0.0236. The average Bonchev–Trinajstić information content (AvgIpc) is 3.00. The fourth-order valence-electron chi connectivity index (χ4n) is 3.30. The lowest BCUT2D eigenvalue weighted by Gasteiger charge is -2.26. The fourth-order valence-corrected chi connectivity index (χ4v) is 3.30. The lowest BCUT2D eigenvalue weighted by atomic mass is 10.0. The Morgan fingerprint density at radius 3 is 2.91 bits per heavy atom. The Morgan fingerprint density at radius 2 is 2.22 bits per heavy atom. The van der Waals surface area contributed by atoms with Gasteiger partial charge in [-0.2, -0.15) is 0 Å². The summed E-state index contributed by atoms with van der Waals surface area (Å²) in [7, 11) is 3.83. The molecule has 1 atom stereocenters. The minimum Gasteiger partial charge on any atom is -0.387 e. The van der Waals surface area contributed by atoms with Gasteiger partial charge >= 0.3 is 0 Å². The van der Waals surface area contributed by atoms with Crippen LogP contribution in [0, 0.1) is 13.8 Å². The van der Waals surface area contributed by atoms with Crippen LogP contribution in [0.1, 0.15) is 28.2 Å². The summed E-state index contributed by atoms with van der Waals surface area (Å²) in [6.07, 6.45) is 0.576. The Labute approximate surface area is 134 Å².